The lowest BCUT2D eigenvalue weighted by atomic mass is 9.78. The number of fused-ring (bicyclic) bond motifs is 14. The molecule has 0 saturated carbocycles. The number of phenolic OH excluding ortho intramolecular Hbond substituents is 1. The molecular weight excluding hydrogens is 622 g/mol. The second-order valence-electron chi connectivity index (χ2n) is 13.0. The molecule has 1 aromatic rings. The maximum atomic E-state index is 13.8. The largest absolute Gasteiger partial charge is 0.507 e. The first kappa shape index (κ1) is 36.7. The number of aliphatic hydroxyl groups is 2. The van der Waals surface area contributed by atoms with Crippen LogP contribution < -0.4 is 10.1 Å². The van der Waals surface area contributed by atoms with Crippen LogP contribution >= 0.6 is 0 Å². The van der Waals surface area contributed by atoms with E-state index in [-0.39, 0.29) is 39.6 Å². The van der Waals surface area contributed by atoms with Gasteiger partial charge in [-0.1, -0.05) is 45.9 Å². The maximum absolute atomic E-state index is 13.8. The second-order valence-corrected chi connectivity index (χ2v) is 13.0. The average Bonchev–Trinajstić information content (AvgIpc) is 3.31. The SMILES string of the molecule is CO[C@H]1[C@H](C)[C@H](O)[C@H](C)C(O)[C@@H](C)/C=C/C=C(/C)C(=O)NC2=CC(=O)c3c(c(O)c(C)c4c3C(=O)[C@@](C)(O/C=C/[C@H](OC)[C@H]1C)O4)C2=O. The Morgan fingerprint density at radius 1 is 0.875 bits per heavy atom. The summed E-state index contributed by atoms with van der Waals surface area (Å²) in [6.45, 7) is 11.5. The van der Waals surface area contributed by atoms with E-state index in [1.54, 1.807) is 32.1 Å². The topological polar surface area (TPSA) is 178 Å². The number of hydrogen-bond donors (Lipinski definition) is 4. The molecule has 0 aromatic heterocycles. The Kier molecular flexibility index (Phi) is 10.8. The van der Waals surface area contributed by atoms with Crippen LogP contribution in [-0.2, 0) is 19.0 Å². The normalized spacial score (nSPS) is 35.6. The Labute approximate surface area is 280 Å². The molecule has 3 heterocycles. The van der Waals surface area contributed by atoms with Gasteiger partial charge in [0.25, 0.3) is 11.7 Å². The monoisotopic (exact) mass is 667 g/mol. The number of hydrogen-bond acceptors (Lipinski definition) is 11. The van der Waals surface area contributed by atoms with Crippen molar-refractivity contribution in [1.29, 1.82) is 0 Å². The van der Waals surface area contributed by atoms with Crippen molar-refractivity contribution in [3.63, 3.8) is 0 Å². The molecule has 0 saturated heterocycles. The number of ketones is 3. The first-order valence-electron chi connectivity index (χ1n) is 15.9. The smallest absolute Gasteiger partial charge is 0.312 e. The minimum atomic E-state index is -1.97. The van der Waals surface area contributed by atoms with Gasteiger partial charge in [0.2, 0.25) is 5.78 Å². The molecule has 0 fully saturated rings. The fourth-order valence-corrected chi connectivity index (χ4v) is 6.64. The number of carbonyl (C=O) groups excluding carboxylic acids is 4. The molecule has 12 nitrogen and oxygen atoms in total. The number of allylic oxidation sites excluding steroid dienone is 4. The number of rotatable bonds is 2. The molecule has 1 unspecified atom stereocenters. The lowest BCUT2D eigenvalue weighted by Crippen LogP contribution is -2.45. The molecule has 5 bridgehead atoms. The van der Waals surface area contributed by atoms with Gasteiger partial charge >= 0.3 is 5.79 Å². The van der Waals surface area contributed by atoms with Crippen molar-refractivity contribution >= 4 is 23.3 Å². The van der Waals surface area contributed by atoms with Crippen molar-refractivity contribution in [3.8, 4) is 11.5 Å². The van der Waals surface area contributed by atoms with Crippen LogP contribution in [0.3, 0.4) is 0 Å². The van der Waals surface area contributed by atoms with Crippen LogP contribution in [0.15, 0.2) is 47.9 Å². The predicted molar refractivity (Wildman–Crippen MR) is 174 cm³/mol. The summed E-state index contributed by atoms with van der Waals surface area (Å²) < 4.78 is 23.3. The molecule has 9 atom stereocenters. The van der Waals surface area contributed by atoms with E-state index in [1.165, 1.54) is 47.3 Å². The molecule has 0 radical (unpaired) electrons. The standard InChI is InChI=1S/C36H45NO11/c1-16-11-10-12-17(2)35(44)37-22-15-23(38)25-26(31(22)42)30(41)21(6)33-27(25)34(43)36(7,48-33)47-14-13-24(45-8)18(3)32(46-9)20(5)29(40)19(4)28(16)39/h10-16,18-20,24,28-29,32,39-41H,1-9H3,(H,37,44)/b11-10+,14-13+,17-12-/t16-,18+,19+,20+,24-,28?,29+,32+,36-/m0/s1. The van der Waals surface area contributed by atoms with Gasteiger partial charge in [0.15, 0.2) is 5.78 Å². The van der Waals surface area contributed by atoms with Gasteiger partial charge in [0.1, 0.15) is 11.5 Å². The van der Waals surface area contributed by atoms with Crippen LogP contribution in [0, 0.1) is 30.6 Å². The first-order valence-corrected chi connectivity index (χ1v) is 15.9. The fourth-order valence-electron chi connectivity index (χ4n) is 6.64. The van der Waals surface area contributed by atoms with Crippen molar-refractivity contribution in [2.75, 3.05) is 14.2 Å². The molecule has 12 heteroatoms. The number of amides is 1. The number of aliphatic hydroxyl groups excluding tert-OH is 2. The molecule has 48 heavy (non-hydrogen) atoms. The second kappa shape index (κ2) is 14.2. The highest BCUT2D eigenvalue weighted by Gasteiger charge is 2.51. The Hall–Kier alpha value is -4.10. The maximum Gasteiger partial charge on any atom is 0.312 e. The number of nitrogens with one attached hydrogen (secondary N) is 1. The number of carbonyl (C=O) groups is 4. The fraction of sp³-hybridized carbons (Fsp3) is 0.500. The summed E-state index contributed by atoms with van der Waals surface area (Å²) in [7, 11) is 3.01. The molecule has 1 amide bonds. The van der Waals surface area contributed by atoms with Crippen LogP contribution in [0.2, 0.25) is 0 Å². The zero-order chi connectivity index (χ0) is 35.8. The lowest BCUT2D eigenvalue weighted by molar-refractivity contribution is -0.116. The minimum absolute atomic E-state index is 0.0401. The van der Waals surface area contributed by atoms with E-state index in [2.05, 4.69) is 5.32 Å². The Balaban J connectivity index is 1.81. The first-order chi connectivity index (χ1) is 22.5. The van der Waals surface area contributed by atoms with Crippen molar-refractivity contribution in [1.82, 2.24) is 5.32 Å². The van der Waals surface area contributed by atoms with Crippen molar-refractivity contribution in [3.05, 3.63) is 70.2 Å². The van der Waals surface area contributed by atoms with Gasteiger partial charge in [-0.3, -0.25) is 19.2 Å². The van der Waals surface area contributed by atoms with Gasteiger partial charge in [0, 0.05) is 62.0 Å². The van der Waals surface area contributed by atoms with Gasteiger partial charge < -0.3 is 39.6 Å². The predicted octanol–water partition coefficient (Wildman–Crippen LogP) is 3.71. The number of ether oxygens (including phenoxy) is 4. The van der Waals surface area contributed by atoms with Crippen LogP contribution in [0.5, 0.6) is 11.5 Å². The zero-order valence-corrected chi connectivity index (χ0v) is 28.7. The third kappa shape index (κ3) is 6.49. The molecule has 1 aliphatic carbocycles. The summed E-state index contributed by atoms with van der Waals surface area (Å²) in [6.07, 6.45) is 5.39. The number of phenols is 1. The molecule has 3 aliphatic heterocycles. The summed E-state index contributed by atoms with van der Waals surface area (Å²) in [6, 6.07) is 0. The van der Waals surface area contributed by atoms with Gasteiger partial charge in [-0.05, 0) is 19.9 Å². The Bertz CT molecular complexity index is 1620. The minimum Gasteiger partial charge on any atom is -0.507 e. The summed E-state index contributed by atoms with van der Waals surface area (Å²) >= 11 is 0. The quantitative estimate of drug-likeness (QED) is 0.361. The van der Waals surface area contributed by atoms with E-state index in [1.807, 2.05) is 13.8 Å². The van der Waals surface area contributed by atoms with Crippen LogP contribution in [0.4, 0.5) is 0 Å². The van der Waals surface area contributed by atoms with Crippen molar-refractivity contribution < 1.29 is 53.4 Å². The van der Waals surface area contributed by atoms with E-state index >= 15 is 0 Å². The number of benzene rings is 1. The number of methoxy groups -OCH3 is 2. The highest BCUT2D eigenvalue weighted by atomic mass is 16.7. The lowest BCUT2D eigenvalue weighted by Gasteiger charge is -2.37. The Morgan fingerprint density at radius 2 is 1.54 bits per heavy atom. The molecule has 1 aromatic carbocycles. The third-order valence-corrected chi connectivity index (χ3v) is 9.77. The Morgan fingerprint density at radius 3 is 2.17 bits per heavy atom. The summed E-state index contributed by atoms with van der Waals surface area (Å²) in [5, 5.41) is 35.9. The van der Waals surface area contributed by atoms with Gasteiger partial charge in [-0.2, -0.15) is 0 Å². The van der Waals surface area contributed by atoms with Crippen LogP contribution in [0.1, 0.15) is 78.2 Å². The van der Waals surface area contributed by atoms with E-state index in [0.29, 0.717) is 0 Å². The van der Waals surface area contributed by atoms with Crippen LogP contribution in [-0.4, -0.2) is 83.0 Å². The van der Waals surface area contributed by atoms with E-state index in [9.17, 15) is 34.5 Å². The molecule has 260 valence electrons. The van der Waals surface area contributed by atoms with Crippen molar-refractivity contribution in [2.24, 2.45) is 23.7 Å². The van der Waals surface area contributed by atoms with Crippen LogP contribution in [0.25, 0.3) is 0 Å². The highest BCUT2D eigenvalue weighted by molar-refractivity contribution is 6.30. The summed E-state index contributed by atoms with van der Waals surface area (Å²) in [5.74, 6) is -7.49. The number of aromatic hydroxyl groups is 1. The summed E-state index contributed by atoms with van der Waals surface area (Å²) in [4.78, 5) is 53.9. The highest BCUT2D eigenvalue weighted by Crippen LogP contribution is 2.47. The van der Waals surface area contributed by atoms with E-state index < -0.39 is 82.5 Å². The summed E-state index contributed by atoms with van der Waals surface area (Å²) in [5.41, 5.74) is -1.13. The van der Waals surface area contributed by atoms with Gasteiger partial charge in [-0.25, -0.2) is 0 Å². The molecule has 5 rings (SSSR count). The van der Waals surface area contributed by atoms with Crippen molar-refractivity contribution in [2.45, 2.75) is 78.7 Å². The van der Waals surface area contributed by atoms with Gasteiger partial charge in [0.05, 0.1) is 53.1 Å². The molecule has 0 spiro atoms. The van der Waals surface area contributed by atoms with E-state index in [0.717, 1.165) is 6.08 Å². The third-order valence-electron chi connectivity index (χ3n) is 9.77. The van der Waals surface area contributed by atoms with Gasteiger partial charge in [-0.15, -0.1) is 0 Å². The zero-order valence-electron chi connectivity index (χ0n) is 28.7. The molecular formula is C36H45NO11. The molecule has 4 aliphatic rings. The number of Topliss-reactive ketones (excluding diaryl/α,β-unsaturated/α-hetero) is 2. The average molecular weight is 668 g/mol. The molecule has 4 N–H and O–H groups in total. The van der Waals surface area contributed by atoms with E-state index in [4.69, 9.17) is 18.9 Å².